The van der Waals surface area contributed by atoms with Gasteiger partial charge in [-0.2, -0.15) is 0 Å². The third-order valence-electron chi connectivity index (χ3n) is 3.56. The van der Waals surface area contributed by atoms with Gasteiger partial charge < -0.3 is 19.3 Å². The maximum Gasteiger partial charge on any atom is 0.254 e. The summed E-state index contributed by atoms with van der Waals surface area (Å²) < 4.78 is 11.7. The quantitative estimate of drug-likeness (QED) is 0.687. The molecule has 6 heteroatoms. The van der Waals surface area contributed by atoms with Crippen LogP contribution in [0.2, 0.25) is 0 Å². The average molecular weight is 282 g/mol. The Labute approximate surface area is 119 Å². The van der Waals surface area contributed by atoms with Gasteiger partial charge in [-0.1, -0.05) is 6.08 Å². The Bertz CT molecular complexity index is 403. The van der Waals surface area contributed by atoms with E-state index in [1.165, 1.54) is 9.80 Å². The fourth-order valence-corrected chi connectivity index (χ4v) is 2.46. The van der Waals surface area contributed by atoms with Crippen molar-refractivity contribution in [2.24, 2.45) is 0 Å². The Hall–Kier alpha value is -1.40. The number of amides is 2. The number of hydrogen-bond donors (Lipinski definition) is 0. The molecule has 0 aromatic heterocycles. The first kappa shape index (κ1) is 15.0. The molecule has 1 aliphatic heterocycles. The van der Waals surface area contributed by atoms with Crippen molar-refractivity contribution < 1.29 is 19.1 Å². The molecule has 2 atom stereocenters. The highest BCUT2D eigenvalue weighted by molar-refractivity contribution is 5.91. The highest BCUT2D eigenvalue weighted by atomic mass is 16.8. The zero-order valence-electron chi connectivity index (χ0n) is 12.5. The molecule has 1 spiro atoms. The fraction of sp³-hybridized carbons (Fsp3) is 0.714. The van der Waals surface area contributed by atoms with E-state index >= 15 is 0 Å². The van der Waals surface area contributed by atoms with Crippen LogP contribution in [0.4, 0.5) is 0 Å². The summed E-state index contributed by atoms with van der Waals surface area (Å²) >= 11 is 0. The Morgan fingerprint density at radius 1 is 1.05 bits per heavy atom. The molecule has 0 N–H and O–H groups in total. The summed E-state index contributed by atoms with van der Waals surface area (Å²) in [4.78, 5) is 27.3. The second-order valence-corrected chi connectivity index (χ2v) is 5.65. The lowest BCUT2D eigenvalue weighted by molar-refractivity contribution is -0.162. The fourth-order valence-electron chi connectivity index (χ4n) is 2.46. The topological polar surface area (TPSA) is 59.1 Å². The minimum Gasteiger partial charge on any atom is -0.346 e. The second kappa shape index (κ2) is 5.54. The van der Waals surface area contributed by atoms with Gasteiger partial charge in [-0.05, 0) is 18.9 Å². The first-order valence-electron chi connectivity index (χ1n) is 6.82. The van der Waals surface area contributed by atoms with E-state index in [0.717, 1.165) is 12.8 Å². The number of nitrogens with zero attached hydrogens (tertiary/aromatic N) is 2. The summed E-state index contributed by atoms with van der Waals surface area (Å²) in [7, 11) is 6.57. The van der Waals surface area contributed by atoms with Gasteiger partial charge in [-0.3, -0.25) is 9.59 Å². The maximum absolute atomic E-state index is 12.2. The number of carbonyl (C=O) groups is 2. The van der Waals surface area contributed by atoms with Crippen LogP contribution in [0.5, 0.6) is 0 Å². The minimum absolute atomic E-state index is 0.249. The van der Waals surface area contributed by atoms with E-state index in [-0.39, 0.29) is 11.8 Å². The predicted octanol–water partition coefficient (Wildman–Crippen LogP) is 0.383. The Kier molecular flexibility index (Phi) is 4.15. The van der Waals surface area contributed by atoms with E-state index in [1.54, 1.807) is 28.2 Å². The molecule has 112 valence electrons. The monoisotopic (exact) mass is 282 g/mol. The van der Waals surface area contributed by atoms with E-state index in [4.69, 9.17) is 9.47 Å². The summed E-state index contributed by atoms with van der Waals surface area (Å²) in [5, 5.41) is 0. The lowest BCUT2D eigenvalue weighted by Crippen LogP contribution is -2.47. The van der Waals surface area contributed by atoms with Gasteiger partial charge in [0.2, 0.25) is 0 Å². The summed E-state index contributed by atoms with van der Waals surface area (Å²) in [5.74, 6) is -1.42. The molecule has 1 fully saturated rings. The highest BCUT2D eigenvalue weighted by Crippen LogP contribution is 2.37. The normalized spacial score (nSPS) is 27.6. The van der Waals surface area contributed by atoms with Gasteiger partial charge in [0.15, 0.2) is 18.0 Å². The molecular formula is C14H22N2O4. The standard InChI is InChI=1S/C14H22N2O4/c1-15(2)12(17)10-11(13(18)16(3)4)20-14(19-10)8-6-5-7-9-14/h6,8,10-11H,5,7,9H2,1-4H3/t10-,11-/m1/s1. The zero-order chi connectivity index (χ0) is 14.9. The third kappa shape index (κ3) is 2.71. The molecule has 0 bridgehead atoms. The maximum atomic E-state index is 12.2. The van der Waals surface area contributed by atoms with E-state index in [9.17, 15) is 9.59 Å². The van der Waals surface area contributed by atoms with Crippen LogP contribution in [-0.4, -0.2) is 67.8 Å². The number of likely N-dealkylation sites (N-methyl/N-ethyl adjacent to an activating group) is 2. The number of allylic oxidation sites excluding steroid dienone is 1. The van der Waals surface area contributed by atoms with Crippen molar-refractivity contribution in [2.45, 2.75) is 37.3 Å². The summed E-state index contributed by atoms with van der Waals surface area (Å²) in [6.07, 6.45) is 4.58. The molecule has 2 aliphatic rings. The smallest absolute Gasteiger partial charge is 0.254 e. The molecule has 1 heterocycles. The van der Waals surface area contributed by atoms with Gasteiger partial charge in [0.1, 0.15) is 0 Å². The highest BCUT2D eigenvalue weighted by Gasteiger charge is 2.53. The van der Waals surface area contributed by atoms with Crippen LogP contribution in [0.1, 0.15) is 19.3 Å². The molecule has 2 rings (SSSR count). The van der Waals surface area contributed by atoms with Gasteiger partial charge in [0.25, 0.3) is 11.8 Å². The number of hydrogen-bond acceptors (Lipinski definition) is 4. The molecular weight excluding hydrogens is 260 g/mol. The molecule has 1 aliphatic carbocycles. The van der Waals surface area contributed by atoms with Crippen LogP contribution < -0.4 is 0 Å². The van der Waals surface area contributed by atoms with Crippen molar-refractivity contribution in [3.8, 4) is 0 Å². The Balaban J connectivity index is 2.27. The predicted molar refractivity (Wildman–Crippen MR) is 72.9 cm³/mol. The largest absolute Gasteiger partial charge is 0.346 e. The van der Waals surface area contributed by atoms with Crippen LogP contribution >= 0.6 is 0 Å². The van der Waals surface area contributed by atoms with E-state index < -0.39 is 18.0 Å². The van der Waals surface area contributed by atoms with Gasteiger partial charge in [0, 0.05) is 34.6 Å². The van der Waals surface area contributed by atoms with Crippen LogP contribution in [0, 0.1) is 0 Å². The zero-order valence-corrected chi connectivity index (χ0v) is 12.5. The molecule has 20 heavy (non-hydrogen) atoms. The molecule has 0 radical (unpaired) electrons. The van der Waals surface area contributed by atoms with Gasteiger partial charge in [0.05, 0.1) is 0 Å². The summed E-state index contributed by atoms with van der Waals surface area (Å²) in [6.45, 7) is 0. The number of ether oxygens (including phenoxy) is 2. The van der Waals surface area contributed by atoms with Crippen LogP contribution in [0.15, 0.2) is 12.2 Å². The van der Waals surface area contributed by atoms with Gasteiger partial charge >= 0.3 is 0 Å². The van der Waals surface area contributed by atoms with Crippen LogP contribution in [0.25, 0.3) is 0 Å². The van der Waals surface area contributed by atoms with Crippen LogP contribution in [-0.2, 0) is 19.1 Å². The van der Waals surface area contributed by atoms with E-state index in [0.29, 0.717) is 6.42 Å². The van der Waals surface area contributed by atoms with Crippen LogP contribution in [0.3, 0.4) is 0 Å². The minimum atomic E-state index is -0.926. The first-order valence-corrected chi connectivity index (χ1v) is 6.82. The SMILES string of the molecule is CN(C)C(=O)[C@@H]1OC2(C=CCCC2)O[C@H]1C(=O)N(C)C. The van der Waals surface area contributed by atoms with Crippen molar-refractivity contribution in [3.63, 3.8) is 0 Å². The molecule has 1 saturated heterocycles. The Morgan fingerprint density at radius 2 is 1.55 bits per heavy atom. The molecule has 0 saturated carbocycles. The van der Waals surface area contributed by atoms with Crippen molar-refractivity contribution in [2.75, 3.05) is 28.2 Å². The van der Waals surface area contributed by atoms with Crippen molar-refractivity contribution in [3.05, 3.63) is 12.2 Å². The van der Waals surface area contributed by atoms with Crippen molar-refractivity contribution >= 4 is 11.8 Å². The van der Waals surface area contributed by atoms with Crippen molar-refractivity contribution in [1.29, 1.82) is 0 Å². The molecule has 0 aromatic carbocycles. The first-order chi connectivity index (χ1) is 9.36. The van der Waals surface area contributed by atoms with E-state index in [1.807, 2.05) is 12.2 Å². The molecule has 0 aromatic rings. The van der Waals surface area contributed by atoms with Gasteiger partial charge in [-0.25, -0.2) is 0 Å². The molecule has 0 unspecified atom stereocenters. The lowest BCUT2D eigenvalue weighted by Gasteiger charge is -2.27. The average Bonchev–Trinajstić information content (AvgIpc) is 2.76. The van der Waals surface area contributed by atoms with E-state index in [2.05, 4.69) is 0 Å². The molecule has 6 nitrogen and oxygen atoms in total. The Morgan fingerprint density at radius 3 is 1.90 bits per heavy atom. The van der Waals surface area contributed by atoms with Gasteiger partial charge in [-0.15, -0.1) is 0 Å². The summed E-state index contributed by atoms with van der Waals surface area (Å²) in [5.41, 5.74) is 0. The number of rotatable bonds is 2. The van der Waals surface area contributed by atoms with Crippen molar-refractivity contribution in [1.82, 2.24) is 9.80 Å². The summed E-state index contributed by atoms with van der Waals surface area (Å²) in [6, 6.07) is 0. The number of carbonyl (C=O) groups excluding carboxylic acids is 2. The third-order valence-corrected chi connectivity index (χ3v) is 3.56. The lowest BCUT2D eigenvalue weighted by atomic mass is 10.0. The second-order valence-electron chi connectivity index (χ2n) is 5.65. The molecule has 2 amide bonds.